The lowest BCUT2D eigenvalue weighted by Gasteiger charge is -2.24. The molecule has 3 heteroatoms. The zero-order valence-electron chi connectivity index (χ0n) is 12.3. The highest BCUT2D eigenvalue weighted by atomic mass is 16.6. The first kappa shape index (κ1) is 15.8. The monoisotopic (exact) mass is 264 g/mol. The maximum absolute atomic E-state index is 11.2. The van der Waals surface area contributed by atoms with Gasteiger partial charge in [-0.3, -0.25) is 4.79 Å². The number of quaternary nitrogens is 1. The van der Waals surface area contributed by atoms with E-state index in [0.717, 1.165) is 13.0 Å². The fraction of sp³-hybridized carbons (Fsp3) is 0.688. The molecule has 0 bridgehead atoms. The Bertz CT molecular complexity index is 361. The lowest BCUT2D eigenvalue weighted by molar-refractivity contribution is -0.897. The Balaban J connectivity index is 2.54. The van der Waals surface area contributed by atoms with Crippen molar-refractivity contribution in [3.63, 3.8) is 0 Å². The Morgan fingerprint density at radius 1 is 1.42 bits per heavy atom. The van der Waals surface area contributed by atoms with E-state index >= 15 is 0 Å². The lowest BCUT2D eigenvalue weighted by atomic mass is 10.0. The van der Waals surface area contributed by atoms with Crippen LogP contribution < -0.4 is 4.90 Å². The first-order chi connectivity index (χ1) is 9.06. The summed E-state index contributed by atoms with van der Waals surface area (Å²) in [5.41, 5.74) is -0.671. The van der Waals surface area contributed by atoms with Gasteiger partial charge in [0.1, 0.15) is 6.54 Å². The van der Waals surface area contributed by atoms with Crippen molar-refractivity contribution in [3.8, 4) is 11.8 Å². The standard InChI is InChI=1S/C16H25NO2/c1-4-5-10-16(3,19-15(2)18)11-9-14-17-12-7-6-8-13-17/h4H,1,5-8,10,12-14H2,2-3H3/p+1/t16-/m1/s1. The Labute approximate surface area is 117 Å². The van der Waals surface area contributed by atoms with E-state index in [9.17, 15) is 4.79 Å². The number of hydrogen-bond acceptors (Lipinski definition) is 2. The van der Waals surface area contributed by atoms with E-state index in [1.807, 2.05) is 13.0 Å². The smallest absolute Gasteiger partial charge is 0.304 e. The first-order valence-electron chi connectivity index (χ1n) is 7.20. The highest BCUT2D eigenvalue weighted by molar-refractivity contribution is 5.67. The number of piperidine rings is 1. The molecule has 1 atom stereocenters. The van der Waals surface area contributed by atoms with Crippen molar-refractivity contribution in [2.75, 3.05) is 19.6 Å². The third-order valence-electron chi connectivity index (χ3n) is 3.45. The van der Waals surface area contributed by atoms with Crippen molar-refractivity contribution in [1.29, 1.82) is 0 Å². The van der Waals surface area contributed by atoms with Crippen LogP contribution >= 0.6 is 0 Å². The van der Waals surface area contributed by atoms with E-state index in [4.69, 9.17) is 4.74 Å². The zero-order chi connectivity index (χ0) is 14.1. The molecular weight excluding hydrogens is 238 g/mol. The number of nitrogens with one attached hydrogen (secondary N) is 1. The van der Waals surface area contributed by atoms with E-state index in [1.54, 1.807) is 4.90 Å². The minimum Gasteiger partial charge on any atom is -0.446 e. The van der Waals surface area contributed by atoms with Gasteiger partial charge < -0.3 is 9.64 Å². The van der Waals surface area contributed by atoms with Crippen LogP contribution in [0.15, 0.2) is 12.7 Å². The van der Waals surface area contributed by atoms with Crippen LogP contribution in [0.3, 0.4) is 0 Å². The van der Waals surface area contributed by atoms with Crippen LogP contribution in [0.25, 0.3) is 0 Å². The van der Waals surface area contributed by atoms with E-state index in [-0.39, 0.29) is 5.97 Å². The molecule has 1 rings (SSSR count). The van der Waals surface area contributed by atoms with Crippen LogP contribution in [0.1, 0.15) is 46.0 Å². The van der Waals surface area contributed by atoms with Crippen molar-refractivity contribution >= 4 is 5.97 Å². The Morgan fingerprint density at radius 3 is 2.68 bits per heavy atom. The second kappa shape index (κ2) is 8.01. The Morgan fingerprint density at radius 2 is 2.11 bits per heavy atom. The number of esters is 1. The van der Waals surface area contributed by atoms with Gasteiger partial charge in [0.15, 0.2) is 5.60 Å². The Kier molecular flexibility index (Phi) is 6.66. The van der Waals surface area contributed by atoms with E-state index in [2.05, 4.69) is 18.4 Å². The van der Waals surface area contributed by atoms with Crippen LogP contribution in [0, 0.1) is 11.8 Å². The van der Waals surface area contributed by atoms with Gasteiger partial charge in [0.2, 0.25) is 0 Å². The van der Waals surface area contributed by atoms with Gasteiger partial charge in [-0.15, -0.1) is 6.58 Å². The number of carbonyl (C=O) groups excluding carboxylic acids is 1. The SMILES string of the molecule is C=CCC[C@](C)(C#CC[NH+]1CCCCC1)OC(C)=O. The average Bonchev–Trinajstić information content (AvgIpc) is 2.37. The van der Waals surface area contributed by atoms with E-state index < -0.39 is 5.60 Å². The highest BCUT2D eigenvalue weighted by Gasteiger charge is 2.24. The molecule has 1 fully saturated rings. The van der Waals surface area contributed by atoms with Gasteiger partial charge in [0.25, 0.3) is 0 Å². The molecule has 0 aliphatic carbocycles. The van der Waals surface area contributed by atoms with Crippen LogP contribution in [-0.4, -0.2) is 31.2 Å². The first-order valence-corrected chi connectivity index (χ1v) is 7.20. The molecule has 0 unspecified atom stereocenters. The van der Waals surface area contributed by atoms with Gasteiger partial charge in [-0.05, 0) is 44.4 Å². The molecule has 3 nitrogen and oxygen atoms in total. The molecule has 1 saturated heterocycles. The largest absolute Gasteiger partial charge is 0.446 e. The van der Waals surface area contributed by atoms with Gasteiger partial charge in [0, 0.05) is 13.3 Å². The summed E-state index contributed by atoms with van der Waals surface area (Å²) < 4.78 is 5.36. The molecule has 1 aliphatic rings. The van der Waals surface area contributed by atoms with Crippen molar-refractivity contribution in [3.05, 3.63) is 12.7 Å². The van der Waals surface area contributed by atoms with E-state index in [0.29, 0.717) is 6.42 Å². The summed E-state index contributed by atoms with van der Waals surface area (Å²) in [7, 11) is 0. The normalized spacial score (nSPS) is 18.8. The second-order valence-corrected chi connectivity index (χ2v) is 5.44. The predicted molar refractivity (Wildman–Crippen MR) is 76.8 cm³/mol. The number of likely N-dealkylation sites (tertiary alicyclic amines) is 1. The summed E-state index contributed by atoms with van der Waals surface area (Å²) in [5.74, 6) is 6.09. The minimum atomic E-state index is -0.671. The average molecular weight is 264 g/mol. The topological polar surface area (TPSA) is 30.7 Å². The summed E-state index contributed by atoms with van der Waals surface area (Å²) >= 11 is 0. The van der Waals surface area contributed by atoms with Crippen LogP contribution in [0.4, 0.5) is 0 Å². The maximum atomic E-state index is 11.2. The second-order valence-electron chi connectivity index (χ2n) is 5.44. The van der Waals surface area contributed by atoms with Crippen molar-refractivity contribution in [2.24, 2.45) is 0 Å². The molecule has 0 aromatic rings. The van der Waals surface area contributed by atoms with E-state index in [1.165, 1.54) is 39.3 Å². The molecule has 1 N–H and O–H groups in total. The Hall–Kier alpha value is -1.27. The number of allylic oxidation sites excluding steroid dienone is 1. The van der Waals surface area contributed by atoms with Crippen molar-refractivity contribution in [1.82, 2.24) is 0 Å². The van der Waals surface area contributed by atoms with Gasteiger partial charge >= 0.3 is 5.97 Å². The molecule has 1 aliphatic heterocycles. The van der Waals surface area contributed by atoms with Crippen molar-refractivity contribution in [2.45, 2.75) is 51.6 Å². The fourth-order valence-corrected chi connectivity index (χ4v) is 2.42. The van der Waals surface area contributed by atoms with Gasteiger partial charge in [-0.2, -0.15) is 0 Å². The summed E-state index contributed by atoms with van der Waals surface area (Å²) in [5, 5.41) is 0. The molecule has 0 aromatic heterocycles. The molecule has 0 radical (unpaired) electrons. The van der Waals surface area contributed by atoms with Crippen molar-refractivity contribution < 1.29 is 14.4 Å². The van der Waals surface area contributed by atoms with Gasteiger partial charge in [-0.1, -0.05) is 6.08 Å². The predicted octanol–water partition coefficient (Wildman–Crippen LogP) is 1.35. The number of ether oxygens (including phenoxy) is 1. The van der Waals surface area contributed by atoms with Gasteiger partial charge in [-0.25, -0.2) is 0 Å². The minimum absolute atomic E-state index is 0.272. The summed E-state index contributed by atoms with van der Waals surface area (Å²) in [6.45, 7) is 10.3. The third-order valence-corrected chi connectivity index (χ3v) is 3.45. The molecule has 0 amide bonds. The fourth-order valence-electron chi connectivity index (χ4n) is 2.42. The third kappa shape index (κ3) is 6.45. The molecule has 1 heterocycles. The lowest BCUT2D eigenvalue weighted by Crippen LogP contribution is -3.12. The summed E-state index contributed by atoms with van der Waals surface area (Å²) in [4.78, 5) is 12.7. The summed E-state index contributed by atoms with van der Waals surface area (Å²) in [6, 6.07) is 0. The molecule has 0 spiro atoms. The summed E-state index contributed by atoms with van der Waals surface area (Å²) in [6.07, 6.45) is 7.29. The van der Waals surface area contributed by atoms with Gasteiger partial charge in [0.05, 0.1) is 13.1 Å². The molecule has 106 valence electrons. The maximum Gasteiger partial charge on any atom is 0.304 e. The molecule has 0 saturated carbocycles. The molecular formula is C16H26NO2+. The van der Waals surface area contributed by atoms with Crippen LogP contribution in [0.2, 0.25) is 0 Å². The van der Waals surface area contributed by atoms with Crippen LogP contribution in [-0.2, 0) is 9.53 Å². The quantitative estimate of drug-likeness (QED) is 0.461. The molecule has 19 heavy (non-hydrogen) atoms. The number of carbonyl (C=O) groups is 1. The number of hydrogen-bond donors (Lipinski definition) is 1. The van der Waals surface area contributed by atoms with Crippen LogP contribution in [0.5, 0.6) is 0 Å². The number of rotatable bonds is 5. The molecule has 0 aromatic carbocycles. The highest BCUT2D eigenvalue weighted by Crippen LogP contribution is 2.17. The zero-order valence-corrected chi connectivity index (χ0v) is 12.3.